The number of fused-ring (bicyclic) bond motifs is 13. The lowest BCUT2D eigenvalue weighted by atomic mass is 9.65. The van der Waals surface area contributed by atoms with Crippen LogP contribution >= 0.6 is 11.3 Å². The van der Waals surface area contributed by atoms with Gasteiger partial charge in [0.25, 0.3) is 0 Å². The van der Waals surface area contributed by atoms with Crippen LogP contribution in [-0.4, -0.2) is 9.97 Å². The molecule has 1 spiro atoms. The van der Waals surface area contributed by atoms with E-state index >= 15 is 0 Å². The first-order chi connectivity index (χ1) is 30.2. The lowest BCUT2D eigenvalue weighted by molar-refractivity contribution is 0.436. The first kappa shape index (κ1) is 34.5. The number of rotatable bonds is 4. The average molecular weight is 797 g/mol. The topological polar surface area (TPSA) is 35.0 Å². The quantitative estimate of drug-likeness (QED) is 0.178. The molecule has 0 saturated heterocycles. The molecule has 3 nitrogen and oxygen atoms in total. The number of nitrogens with zero attached hydrogens (tertiary/aromatic N) is 2. The molecular formula is C57H36N2OS. The Kier molecular flexibility index (Phi) is 7.52. The third-order valence-corrected chi connectivity index (χ3v) is 14.3. The molecule has 61 heavy (non-hydrogen) atoms. The molecule has 1 unspecified atom stereocenters. The number of ether oxygens (including phenoxy) is 1. The molecule has 1 atom stereocenters. The van der Waals surface area contributed by atoms with Crippen LogP contribution < -0.4 is 4.74 Å². The molecule has 1 aliphatic heterocycles. The molecule has 0 saturated carbocycles. The van der Waals surface area contributed by atoms with E-state index in [1.807, 2.05) is 0 Å². The third-order valence-electron chi connectivity index (χ3n) is 13.1. The lowest BCUT2D eigenvalue weighted by Crippen LogP contribution is -2.32. The second-order valence-electron chi connectivity index (χ2n) is 16.3. The summed E-state index contributed by atoms with van der Waals surface area (Å²) >= 11 is 1.78. The summed E-state index contributed by atoms with van der Waals surface area (Å²) in [7, 11) is 0. The summed E-state index contributed by atoms with van der Waals surface area (Å²) in [6, 6.07) is 63.9. The number of allylic oxidation sites excluding steroid dienone is 4. The molecule has 0 bridgehead atoms. The Labute approximate surface area is 357 Å². The van der Waals surface area contributed by atoms with Gasteiger partial charge in [0.2, 0.25) is 0 Å². The van der Waals surface area contributed by atoms with Crippen LogP contribution in [0.1, 0.15) is 40.2 Å². The van der Waals surface area contributed by atoms with Crippen LogP contribution in [0.4, 0.5) is 0 Å². The maximum Gasteiger partial charge on any atom is 0.160 e. The molecule has 0 N–H and O–H groups in total. The third kappa shape index (κ3) is 5.03. The van der Waals surface area contributed by atoms with E-state index in [1.165, 1.54) is 54.4 Å². The second kappa shape index (κ2) is 13.3. The molecule has 2 aliphatic carbocycles. The zero-order valence-electron chi connectivity index (χ0n) is 33.0. The number of para-hydroxylation sites is 2. The van der Waals surface area contributed by atoms with Crippen LogP contribution in [0.25, 0.3) is 76.0 Å². The van der Waals surface area contributed by atoms with Crippen LogP contribution in [0.2, 0.25) is 0 Å². The Morgan fingerprint density at radius 2 is 1.23 bits per heavy atom. The van der Waals surface area contributed by atoms with Crippen molar-refractivity contribution in [2.75, 3.05) is 0 Å². The largest absolute Gasteiger partial charge is 0.457 e. The fraction of sp³-hybridized carbons (Fsp3) is 0.0526. The summed E-state index contributed by atoms with van der Waals surface area (Å²) in [5, 5.41) is 3.63. The zero-order chi connectivity index (χ0) is 40.1. The van der Waals surface area contributed by atoms with Crippen LogP contribution in [-0.2, 0) is 5.41 Å². The van der Waals surface area contributed by atoms with Gasteiger partial charge in [0, 0.05) is 38.3 Å². The van der Waals surface area contributed by atoms with Crippen molar-refractivity contribution in [2.45, 2.75) is 17.8 Å². The van der Waals surface area contributed by atoms with Gasteiger partial charge in [-0.3, -0.25) is 0 Å². The van der Waals surface area contributed by atoms with E-state index in [2.05, 4.69) is 200 Å². The summed E-state index contributed by atoms with van der Waals surface area (Å²) < 4.78 is 9.03. The first-order valence-corrected chi connectivity index (χ1v) is 21.8. The molecule has 0 radical (unpaired) electrons. The second-order valence-corrected chi connectivity index (χ2v) is 17.4. The van der Waals surface area contributed by atoms with Gasteiger partial charge in [0.15, 0.2) is 5.82 Å². The van der Waals surface area contributed by atoms with Crippen molar-refractivity contribution in [3.8, 4) is 56.4 Å². The SMILES string of the molecule is C1=CCC(c2ccc3c(c2)C2(c4ccccc4Oc4ccccc42)c2cccc(-c4nc(-c5ccc(-c6cccc7ccccc67)cc5)nc5c4sc4ccccc45)c2-3)C=C1. The van der Waals surface area contributed by atoms with E-state index in [9.17, 15) is 0 Å². The number of hydrogen-bond donors (Lipinski definition) is 0. The molecule has 10 aromatic rings. The molecule has 4 heteroatoms. The van der Waals surface area contributed by atoms with Gasteiger partial charge < -0.3 is 4.74 Å². The fourth-order valence-corrected chi connectivity index (χ4v) is 11.5. The molecule has 0 fully saturated rings. The van der Waals surface area contributed by atoms with Gasteiger partial charge in [-0.05, 0) is 74.3 Å². The predicted molar refractivity (Wildman–Crippen MR) is 252 cm³/mol. The van der Waals surface area contributed by atoms with Crippen molar-refractivity contribution >= 4 is 42.4 Å². The first-order valence-electron chi connectivity index (χ1n) is 21.0. The standard InChI is InChI=1S/C57H36N2OS/c1-2-14-35(15-3-1)39-32-33-42-48(34-39)57(45-22-7-9-25-49(45)60-50-26-10-8-23-46(50)57)47-24-13-21-44(52(42)47)54-55-53(43-19-6-11-27-51(43)61-55)58-56(59-54)38-30-28-37(29-31-38)41-20-12-17-36-16-4-5-18-40(36)41/h1-14,16-35H,15H2. The van der Waals surface area contributed by atoms with E-state index in [-0.39, 0.29) is 0 Å². The van der Waals surface area contributed by atoms with Gasteiger partial charge in [-0.1, -0.05) is 182 Å². The van der Waals surface area contributed by atoms with Crippen molar-refractivity contribution in [2.24, 2.45) is 0 Å². The van der Waals surface area contributed by atoms with E-state index in [1.54, 1.807) is 11.3 Å². The summed E-state index contributed by atoms with van der Waals surface area (Å²) in [5.41, 5.74) is 14.4. The highest BCUT2D eigenvalue weighted by Gasteiger charge is 2.52. The van der Waals surface area contributed by atoms with Crippen molar-refractivity contribution in [3.05, 3.63) is 228 Å². The van der Waals surface area contributed by atoms with Crippen LogP contribution in [0, 0.1) is 0 Å². The Bertz CT molecular complexity index is 3450. The molecule has 3 heterocycles. The minimum Gasteiger partial charge on any atom is -0.457 e. The molecule has 13 rings (SSSR count). The normalized spacial score (nSPS) is 15.4. The van der Waals surface area contributed by atoms with E-state index in [4.69, 9.17) is 14.7 Å². The van der Waals surface area contributed by atoms with Crippen molar-refractivity contribution in [1.82, 2.24) is 9.97 Å². The number of aromatic nitrogens is 2. The maximum absolute atomic E-state index is 6.73. The molecule has 2 aromatic heterocycles. The molecule has 3 aliphatic rings. The van der Waals surface area contributed by atoms with Gasteiger partial charge in [-0.25, -0.2) is 9.97 Å². The number of thiophene rings is 1. The summed E-state index contributed by atoms with van der Waals surface area (Å²) in [4.78, 5) is 11.0. The van der Waals surface area contributed by atoms with Gasteiger partial charge in [-0.2, -0.15) is 0 Å². The highest BCUT2D eigenvalue weighted by atomic mass is 32.1. The predicted octanol–water partition coefficient (Wildman–Crippen LogP) is 15.1. The zero-order valence-corrected chi connectivity index (χ0v) is 33.9. The van der Waals surface area contributed by atoms with Crippen LogP contribution in [0.3, 0.4) is 0 Å². The van der Waals surface area contributed by atoms with Crippen LogP contribution in [0.15, 0.2) is 200 Å². The van der Waals surface area contributed by atoms with Crippen molar-refractivity contribution < 1.29 is 4.74 Å². The molecular weight excluding hydrogens is 761 g/mol. The average Bonchev–Trinajstić information content (AvgIpc) is 3.85. The Morgan fingerprint density at radius 1 is 0.541 bits per heavy atom. The number of benzene rings is 8. The van der Waals surface area contributed by atoms with Gasteiger partial charge in [-0.15, -0.1) is 11.3 Å². The highest BCUT2D eigenvalue weighted by molar-refractivity contribution is 7.26. The monoisotopic (exact) mass is 796 g/mol. The van der Waals surface area contributed by atoms with Gasteiger partial charge in [0.1, 0.15) is 11.5 Å². The summed E-state index contributed by atoms with van der Waals surface area (Å²) in [6.07, 6.45) is 9.93. The number of hydrogen-bond acceptors (Lipinski definition) is 4. The maximum atomic E-state index is 6.73. The Balaban J connectivity index is 1.07. The summed E-state index contributed by atoms with van der Waals surface area (Å²) in [5.74, 6) is 2.80. The molecule has 286 valence electrons. The fourth-order valence-electron chi connectivity index (χ4n) is 10.4. The highest BCUT2D eigenvalue weighted by Crippen LogP contribution is 2.64. The van der Waals surface area contributed by atoms with E-state index in [0.717, 1.165) is 67.3 Å². The van der Waals surface area contributed by atoms with E-state index < -0.39 is 5.41 Å². The minimum absolute atomic E-state index is 0.301. The van der Waals surface area contributed by atoms with Crippen molar-refractivity contribution in [1.29, 1.82) is 0 Å². The minimum atomic E-state index is -0.608. The van der Waals surface area contributed by atoms with Crippen molar-refractivity contribution in [3.63, 3.8) is 0 Å². The Morgan fingerprint density at radius 3 is 2.05 bits per heavy atom. The van der Waals surface area contributed by atoms with Gasteiger partial charge in [0.05, 0.1) is 21.3 Å². The van der Waals surface area contributed by atoms with Crippen LogP contribution in [0.5, 0.6) is 11.5 Å². The molecule has 0 amide bonds. The molecule has 8 aromatic carbocycles. The Hall–Kier alpha value is -7.40. The summed E-state index contributed by atoms with van der Waals surface area (Å²) in [6.45, 7) is 0. The smallest absolute Gasteiger partial charge is 0.160 e. The van der Waals surface area contributed by atoms with Gasteiger partial charge >= 0.3 is 0 Å². The van der Waals surface area contributed by atoms with E-state index in [0.29, 0.717) is 5.92 Å². The lowest BCUT2D eigenvalue weighted by Gasteiger charge is -2.39.